The molecule has 3 heteroatoms. The van der Waals surface area contributed by atoms with Crippen LogP contribution in [0.3, 0.4) is 0 Å². The van der Waals surface area contributed by atoms with Crippen LogP contribution >= 0.6 is 0 Å². The molecule has 0 aliphatic carbocycles. The molecule has 0 fully saturated rings. The van der Waals surface area contributed by atoms with E-state index in [-0.39, 0.29) is 16.2 Å². The molecule has 0 atom stereocenters. The zero-order valence-corrected chi connectivity index (χ0v) is 33.0. The molecular weight excluding hydrogens is 637 g/mol. The molecule has 3 nitrogen and oxygen atoms in total. The number of hydrogen-bond acceptors (Lipinski definition) is 3. The Kier molecular flexibility index (Phi) is 8.56. The van der Waals surface area contributed by atoms with Crippen molar-refractivity contribution in [3.8, 4) is 50.6 Å². The predicted molar refractivity (Wildman–Crippen MR) is 222 cm³/mol. The van der Waals surface area contributed by atoms with E-state index in [2.05, 4.69) is 159 Å². The Morgan fingerprint density at radius 3 is 1.06 bits per heavy atom. The van der Waals surface area contributed by atoms with Crippen LogP contribution < -0.4 is 14.2 Å². The zero-order chi connectivity index (χ0) is 37.3. The van der Waals surface area contributed by atoms with Crippen molar-refractivity contribution >= 4 is 32.3 Å². The highest BCUT2D eigenvalue weighted by Gasteiger charge is 2.25. The van der Waals surface area contributed by atoms with E-state index in [1.807, 2.05) is 0 Å². The summed E-state index contributed by atoms with van der Waals surface area (Å²) in [4.78, 5) is 0. The highest BCUT2D eigenvalue weighted by Crippen LogP contribution is 2.50. The second-order valence-electron chi connectivity index (χ2n) is 17.3. The topological polar surface area (TPSA) is 27.7 Å². The number of rotatable bonds is 6. The van der Waals surface area contributed by atoms with Gasteiger partial charge in [0.05, 0.1) is 21.3 Å². The minimum absolute atomic E-state index is 0.00406. The maximum absolute atomic E-state index is 6.11. The second-order valence-corrected chi connectivity index (χ2v) is 17.3. The highest BCUT2D eigenvalue weighted by molar-refractivity contribution is 6.30. The molecule has 7 aromatic rings. The Bertz CT molecular complexity index is 2380. The minimum atomic E-state index is -0.0343. The lowest BCUT2D eigenvalue weighted by atomic mass is 9.80. The molecule has 0 bridgehead atoms. The van der Waals surface area contributed by atoms with Gasteiger partial charge in [-0.2, -0.15) is 0 Å². The van der Waals surface area contributed by atoms with E-state index in [4.69, 9.17) is 14.2 Å². The van der Waals surface area contributed by atoms with Crippen LogP contribution in [0, 0.1) is 0 Å². The molecule has 0 aliphatic heterocycles. The Labute approximate surface area is 309 Å². The molecule has 7 rings (SSSR count). The summed E-state index contributed by atoms with van der Waals surface area (Å²) < 4.78 is 18.2. The molecule has 0 saturated heterocycles. The van der Waals surface area contributed by atoms with Gasteiger partial charge >= 0.3 is 0 Å². The Hall–Kier alpha value is -5.02. The summed E-state index contributed by atoms with van der Waals surface area (Å²) in [5.41, 5.74) is 10.4. The number of methoxy groups -OCH3 is 3. The smallest absolute Gasteiger partial charge is 0.126 e. The first-order valence-electron chi connectivity index (χ1n) is 18.4. The molecule has 0 heterocycles. The maximum Gasteiger partial charge on any atom is 0.126 e. The second kappa shape index (κ2) is 12.6. The van der Waals surface area contributed by atoms with Gasteiger partial charge in [0, 0.05) is 16.7 Å². The van der Waals surface area contributed by atoms with Crippen molar-refractivity contribution in [1.29, 1.82) is 0 Å². The molecular formula is C49H52O3. The Morgan fingerprint density at radius 1 is 0.327 bits per heavy atom. The monoisotopic (exact) mass is 688 g/mol. The van der Waals surface area contributed by atoms with Crippen LogP contribution in [0.15, 0.2) is 97.1 Å². The van der Waals surface area contributed by atoms with E-state index in [1.54, 1.807) is 21.3 Å². The van der Waals surface area contributed by atoms with Crippen molar-refractivity contribution < 1.29 is 14.2 Å². The summed E-state index contributed by atoms with van der Waals surface area (Å²) >= 11 is 0. The average molecular weight is 689 g/mol. The molecule has 0 N–H and O–H groups in total. The zero-order valence-electron chi connectivity index (χ0n) is 33.0. The van der Waals surface area contributed by atoms with Crippen molar-refractivity contribution in [2.45, 2.75) is 78.6 Å². The molecule has 0 spiro atoms. The normalized spacial score (nSPS) is 12.6. The minimum Gasteiger partial charge on any atom is -0.496 e. The van der Waals surface area contributed by atoms with Crippen LogP contribution in [0.5, 0.6) is 17.2 Å². The largest absolute Gasteiger partial charge is 0.496 e. The number of benzene rings is 7. The van der Waals surface area contributed by atoms with Crippen LogP contribution in [0.2, 0.25) is 0 Å². The van der Waals surface area contributed by atoms with E-state index in [0.29, 0.717) is 0 Å². The van der Waals surface area contributed by atoms with Crippen LogP contribution in [-0.2, 0) is 16.2 Å². The lowest BCUT2D eigenvalue weighted by Crippen LogP contribution is -2.11. The standard InChI is InChI=1S/C49H52O3/c1-47(2,3)30-15-22-42(50-10)39(25-30)33-18-13-29-14-19-35-37(40-26-31(48(4,5)6)16-23-43(40)51-11)28-38(36-21-20-34(33)45(29)46(35)36)41-27-32(49(7,8)9)17-24-44(41)52-12/h13-28H,1-12H3. The Morgan fingerprint density at radius 2 is 0.673 bits per heavy atom. The van der Waals surface area contributed by atoms with Crippen molar-refractivity contribution in [2.24, 2.45) is 0 Å². The van der Waals surface area contributed by atoms with Crippen LogP contribution in [0.1, 0.15) is 79.0 Å². The summed E-state index contributed by atoms with van der Waals surface area (Å²) in [6.07, 6.45) is 0. The fourth-order valence-electron chi connectivity index (χ4n) is 7.73. The lowest BCUT2D eigenvalue weighted by Gasteiger charge is -2.25. The first-order valence-corrected chi connectivity index (χ1v) is 18.4. The fraction of sp³-hybridized carbons (Fsp3) is 0.306. The van der Waals surface area contributed by atoms with E-state index < -0.39 is 0 Å². The van der Waals surface area contributed by atoms with Crippen molar-refractivity contribution in [3.63, 3.8) is 0 Å². The quantitative estimate of drug-likeness (QED) is 0.163. The average Bonchev–Trinajstić information content (AvgIpc) is 3.11. The van der Waals surface area contributed by atoms with Gasteiger partial charge in [0.2, 0.25) is 0 Å². The van der Waals surface area contributed by atoms with Gasteiger partial charge in [0.1, 0.15) is 17.2 Å². The van der Waals surface area contributed by atoms with E-state index in [9.17, 15) is 0 Å². The van der Waals surface area contributed by atoms with Gasteiger partial charge in [-0.1, -0.05) is 117 Å². The maximum atomic E-state index is 6.11. The van der Waals surface area contributed by atoms with Gasteiger partial charge in [0.25, 0.3) is 0 Å². The third-order valence-electron chi connectivity index (χ3n) is 10.8. The third kappa shape index (κ3) is 5.94. The molecule has 0 saturated carbocycles. The van der Waals surface area contributed by atoms with Crippen LogP contribution in [0.4, 0.5) is 0 Å². The van der Waals surface area contributed by atoms with Gasteiger partial charge in [-0.05, 0) is 124 Å². The SMILES string of the molecule is COc1ccc(C(C)(C)C)cc1-c1ccc2ccc3c(-c4cc(C(C)(C)C)ccc4OC)cc(-c4cc(C(C)(C)C)ccc4OC)c4ccc1c2c34. The van der Waals surface area contributed by atoms with Gasteiger partial charge in [-0.25, -0.2) is 0 Å². The van der Waals surface area contributed by atoms with Gasteiger partial charge in [0.15, 0.2) is 0 Å². The van der Waals surface area contributed by atoms with Crippen LogP contribution in [0.25, 0.3) is 65.7 Å². The first-order chi connectivity index (χ1) is 24.5. The molecule has 52 heavy (non-hydrogen) atoms. The van der Waals surface area contributed by atoms with Gasteiger partial charge in [-0.3, -0.25) is 0 Å². The molecule has 266 valence electrons. The molecule has 0 unspecified atom stereocenters. The molecule has 0 radical (unpaired) electrons. The van der Waals surface area contributed by atoms with Crippen molar-refractivity contribution in [2.75, 3.05) is 21.3 Å². The summed E-state index contributed by atoms with van der Waals surface area (Å²) in [6, 6.07) is 36.0. The predicted octanol–water partition coefficient (Wildman–Crippen LogP) is 13.5. The molecule has 0 aromatic heterocycles. The van der Waals surface area contributed by atoms with E-state index in [0.717, 1.165) is 50.6 Å². The fourth-order valence-corrected chi connectivity index (χ4v) is 7.73. The van der Waals surface area contributed by atoms with Crippen molar-refractivity contribution in [3.05, 3.63) is 114 Å². The van der Waals surface area contributed by atoms with Gasteiger partial charge in [-0.15, -0.1) is 0 Å². The summed E-state index contributed by atoms with van der Waals surface area (Å²) in [5.74, 6) is 2.58. The highest BCUT2D eigenvalue weighted by atomic mass is 16.5. The summed E-state index contributed by atoms with van der Waals surface area (Å²) in [7, 11) is 5.31. The summed E-state index contributed by atoms with van der Waals surface area (Å²) in [5, 5.41) is 7.28. The Balaban J connectivity index is 1.66. The van der Waals surface area contributed by atoms with Crippen molar-refractivity contribution in [1.82, 2.24) is 0 Å². The molecule has 0 amide bonds. The molecule has 7 aromatic carbocycles. The first kappa shape index (κ1) is 35.4. The lowest BCUT2D eigenvalue weighted by molar-refractivity contribution is 0.415. The number of ether oxygens (including phenoxy) is 3. The van der Waals surface area contributed by atoms with E-state index in [1.165, 1.54) is 49.0 Å². The van der Waals surface area contributed by atoms with E-state index >= 15 is 0 Å². The molecule has 0 aliphatic rings. The van der Waals surface area contributed by atoms with Crippen LogP contribution in [-0.4, -0.2) is 21.3 Å². The van der Waals surface area contributed by atoms with Gasteiger partial charge < -0.3 is 14.2 Å². The number of hydrogen-bond donors (Lipinski definition) is 0. The summed E-state index contributed by atoms with van der Waals surface area (Å²) in [6.45, 7) is 20.4. The third-order valence-corrected chi connectivity index (χ3v) is 10.8.